The number of aromatic amines is 1. The van der Waals surface area contributed by atoms with E-state index in [9.17, 15) is 17.6 Å². The van der Waals surface area contributed by atoms with Crippen LogP contribution in [0.4, 0.5) is 15.9 Å². The number of ether oxygens (including phenoxy) is 1. The molecule has 8 nitrogen and oxygen atoms in total. The van der Waals surface area contributed by atoms with Gasteiger partial charge in [-0.1, -0.05) is 0 Å². The molecule has 0 saturated heterocycles. The third-order valence-corrected chi connectivity index (χ3v) is 6.97. The summed E-state index contributed by atoms with van der Waals surface area (Å²) in [5.41, 5.74) is 0.113. The molecule has 4 aromatic rings. The van der Waals surface area contributed by atoms with Gasteiger partial charge in [-0.05, 0) is 58.6 Å². The van der Waals surface area contributed by atoms with E-state index in [0.29, 0.717) is 16.7 Å². The molecule has 32 heavy (non-hydrogen) atoms. The van der Waals surface area contributed by atoms with Crippen LogP contribution in [0.1, 0.15) is 5.82 Å². The highest BCUT2D eigenvalue weighted by Crippen LogP contribution is 2.40. The first-order chi connectivity index (χ1) is 15.2. The molecule has 0 unspecified atom stereocenters. The number of rotatable bonds is 5. The van der Waals surface area contributed by atoms with Crippen molar-refractivity contribution in [1.82, 2.24) is 15.0 Å². The number of nitrogens with one attached hydrogen (secondary N) is 1. The van der Waals surface area contributed by atoms with Gasteiger partial charge in [0.2, 0.25) is 5.56 Å². The highest BCUT2D eigenvalue weighted by atomic mass is 79.9. The van der Waals surface area contributed by atoms with Crippen LogP contribution in [0.5, 0.6) is 5.75 Å². The van der Waals surface area contributed by atoms with Gasteiger partial charge in [0.1, 0.15) is 23.1 Å². The Morgan fingerprint density at radius 3 is 2.62 bits per heavy atom. The molecule has 0 radical (unpaired) electrons. The number of hydrogen-bond acceptors (Lipinski definition) is 6. The smallest absolute Gasteiger partial charge is 0.270 e. The fourth-order valence-electron chi connectivity index (χ4n) is 3.17. The normalized spacial score (nSPS) is 11.5. The summed E-state index contributed by atoms with van der Waals surface area (Å²) in [5.74, 6) is -0.222. The molecule has 0 atom stereocenters. The molecule has 0 aliphatic heterocycles. The van der Waals surface area contributed by atoms with E-state index in [4.69, 9.17) is 4.74 Å². The number of sulfonamides is 1. The molecule has 2 aromatic carbocycles. The van der Waals surface area contributed by atoms with E-state index >= 15 is 0 Å². The second-order valence-electron chi connectivity index (χ2n) is 6.74. The molecule has 11 heteroatoms. The number of anilines is 2. The first kappa shape index (κ1) is 21.9. The minimum atomic E-state index is -4.30. The predicted octanol–water partition coefficient (Wildman–Crippen LogP) is 4.06. The summed E-state index contributed by atoms with van der Waals surface area (Å²) >= 11 is 3.09. The Balaban J connectivity index is 1.99. The lowest BCUT2D eigenvalue weighted by Crippen LogP contribution is -2.28. The molecule has 2 aromatic heterocycles. The van der Waals surface area contributed by atoms with Crippen LogP contribution in [0.25, 0.3) is 10.9 Å². The number of hydrogen-bond donors (Lipinski definition) is 1. The van der Waals surface area contributed by atoms with Gasteiger partial charge in [-0.25, -0.2) is 27.1 Å². The summed E-state index contributed by atoms with van der Waals surface area (Å²) in [4.78, 5) is 22.4. The summed E-state index contributed by atoms with van der Waals surface area (Å²) in [5, 5.41) is 0.512. The quantitative estimate of drug-likeness (QED) is 0.427. The molecule has 2 heterocycles. The molecule has 0 bridgehead atoms. The number of aromatic nitrogens is 3. The van der Waals surface area contributed by atoms with Crippen LogP contribution in [0.15, 0.2) is 68.9 Å². The van der Waals surface area contributed by atoms with Crippen LogP contribution in [0.3, 0.4) is 0 Å². The first-order valence-corrected chi connectivity index (χ1v) is 11.4. The van der Waals surface area contributed by atoms with Crippen molar-refractivity contribution in [2.75, 3.05) is 11.4 Å². The fourth-order valence-corrected chi connectivity index (χ4v) is 4.97. The minimum absolute atomic E-state index is 0.0130. The summed E-state index contributed by atoms with van der Waals surface area (Å²) in [6.45, 7) is 1.61. The Morgan fingerprint density at radius 2 is 1.91 bits per heavy atom. The molecule has 0 saturated carbocycles. The second kappa shape index (κ2) is 8.32. The zero-order chi connectivity index (χ0) is 23.0. The maximum absolute atomic E-state index is 14.5. The Morgan fingerprint density at radius 1 is 1.12 bits per heavy atom. The Kier molecular flexibility index (Phi) is 5.70. The van der Waals surface area contributed by atoms with Crippen LogP contribution in [-0.4, -0.2) is 30.5 Å². The van der Waals surface area contributed by atoms with Gasteiger partial charge >= 0.3 is 0 Å². The second-order valence-corrected chi connectivity index (χ2v) is 9.38. The maximum Gasteiger partial charge on any atom is 0.270 e. The zero-order valence-corrected chi connectivity index (χ0v) is 19.2. The van der Waals surface area contributed by atoms with Crippen molar-refractivity contribution >= 4 is 48.4 Å². The molecule has 164 valence electrons. The van der Waals surface area contributed by atoms with Crippen LogP contribution < -0.4 is 14.6 Å². The molecule has 0 amide bonds. The average Bonchev–Trinajstić information content (AvgIpc) is 2.75. The number of aryl methyl sites for hydroxylation is 1. The van der Waals surface area contributed by atoms with E-state index in [-0.39, 0.29) is 32.2 Å². The Labute approximate surface area is 190 Å². The number of fused-ring (bicyclic) bond motifs is 1. The van der Waals surface area contributed by atoms with Crippen molar-refractivity contribution in [3.8, 4) is 5.75 Å². The van der Waals surface area contributed by atoms with Crippen molar-refractivity contribution in [2.24, 2.45) is 0 Å². The molecule has 0 spiro atoms. The number of nitrogens with zero attached hydrogens (tertiary/aromatic N) is 3. The summed E-state index contributed by atoms with van der Waals surface area (Å²) in [6, 6.07) is 10.9. The summed E-state index contributed by atoms with van der Waals surface area (Å²) < 4.78 is 48.5. The third-order valence-electron chi connectivity index (χ3n) is 4.64. The highest BCUT2D eigenvalue weighted by Gasteiger charge is 2.31. The van der Waals surface area contributed by atoms with E-state index in [1.54, 1.807) is 6.92 Å². The average molecular weight is 519 g/mol. The van der Waals surface area contributed by atoms with Crippen LogP contribution in [-0.2, 0) is 10.0 Å². The molecule has 0 aliphatic carbocycles. The molecule has 0 fully saturated rings. The number of pyridine rings is 1. The Hall–Kier alpha value is -3.31. The van der Waals surface area contributed by atoms with Crippen molar-refractivity contribution in [3.63, 3.8) is 0 Å². The van der Waals surface area contributed by atoms with E-state index in [2.05, 4.69) is 30.9 Å². The molecular weight excluding hydrogens is 503 g/mol. The standard InChI is InChI=1S/C21H16BrFN4O4S/c1-12-24-8-7-20(25-12)27(18-11-16(23)15(22)10-19(18)31-2)32(29,30)14-4-5-17-13(9-14)3-6-21(28)26-17/h3-11H,1-2H3,(H,26,28). The molecule has 0 aliphatic rings. The number of methoxy groups -OCH3 is 1. The minimum Gasteiger partial charge on any atom is -0.494 e. The number of benzene rings is 2. The number of H-pyrrole nitrogens is 1. The van der Waals surface area contributed by atoms with Crippen molar-refractivity contribution < 1.29 is 17.5 Å². The van der Waals surface area contributed by atoms with Crippen LogP contribution >= 0.6 is 15.9 Å². The molecule has 1 N–H and O–H groups in total. The molecular formula is C21H16BrFN4O4S. The van der Waals surface area contributed by atoms with Gasteiger partial charge in [0.15, 0.2) is 5.82 Å². The lowest BCUT2D eigenvalue weighted by molar-refractivity contribution is 0.414. The van der Waals surface area contributed by atoms with Gasteiger partial charge < -0.3 is 9.72 Å². The summed E-state index contributed by atoms with van der Waals surface area (Å²) in [7, 11) is -2.95. The number of halogens is 2. The van der Waals surface area contributed by atoms with Gasteiger partial charge in [-0.3, -0.25) is 4.79 Å². The van der Waals surface area contributed by atoms with E-state index in [1.807, 2.05) is 0 Å². The van der Waals surface area contributed by atoms with Crippen LogP contribution in [0.2, 0.25) is 0 Å². The topological polar surface area (TPSA) is 105 Å². The first-order valence-electron chi connectivity index (χ1n) is 9.22. The van der Waals surface area contributed by atoms with Crippen molar-refractivity contribution in [1.29, 1.82) is 0 Å². The van der Waals surface area contributed by atoms with Gasteiger partial charge in [0, 0.05) is 29.9 Å². The predicted molar refractivity (Wildman–Crippen MR) is 121 cm³/mol. The van der Waals surface area contributed by atoms with E-state index in [0.717, 1.165) is 10.4 Å². The largest absolute Gasteiger partial charge is 0.494 e. The molecule has 4 rings (SSSR count). The lowest BCUT2D eigenvalue weighted by atomic mass is 10.2. The zero-order valence-electron chi connectivity index (χ0n) is 16.8. The monoisotopic (exact) mass is 518 g/mol. The SMILES string of the molecule is COc1cc(Br)c(F)cc1N(c1ccnc(C)n1)S(=O)(=O)c1ccc2[nH]c(=O)ccc2c1. The summed E-state index contributed by atoms with van der Waals surface area (Å²) in [6.07, 6.45) is 1.41. The van der Waals surface area contributed by atoms with Gasteiger partial charge in [-0.2, -0.15) is 0 Å². The maximum atomic E-state index is 14.5. The van der Waals surface area contributed by atoms with Gasteiger partial charge in [0.25, 0.3) is 10.0 Å². The van der Waals surface area contributed by atoms with E-state index in [1.165, 1.54) is 55.8 Å². The third kappa shape index (κ3) is 3.96. The van der Waals surface area contributed by atoms with E-state index < -0.39 is 15.8 Å². The van der Waals surface area contributed by atoms with Crippen LogP contribution in [0, 0.1) is 12.7 Å². The van der Waals surface area contributed by atoms with Crippen molar-refractivity contribution in [3.05, 3.63) is 81.2 Å². The highest BCUT2D eigenvalue weighted by molar-refractivity contribution is 9.10. The van der Waals surface area contributed by atoms with Gasteiger partial charge in [0.05, 0.1) is 16.5 Å². The lowest BCUT2D eigenvalue weighted by Gasteiger charge is -2.25. The Bertz CT molecular complexity index is 1510. The van der Waals surface area contributed by atoms with Crippen molar-refractivity contribution in [2.45, 2.75) is 11.8 Å². The fraction of sp³-hybridized carbons (Fsp3) is 0.0952. The van der Waals surface area contributed by atoms with Gasteiger partial charge in [-0.15, -0.1) is 0 Å².